The molecule has 0 unspecified atom stereocenters. The van der Waals surface area contributed by atoms with Crippen LogP contribution in [0.1, 0.15) is 23.3 Å². The Kier molecular flexibility index (Phi) is 2.85. The van der Waals surface area contributed by atoms with Crippen molar-refractivity contribution in [2.45, 2.75) is 18.9 Å². The van der Waals surface area contributed by atoms with E-state index in [0.29, 0.717) is 11.7 Å². The molecule has 1 aliphatic carbocycles. The summed E-state index contributed by atoms with van der Waals surface area (Å²) in [5.41, 5.74) is 0.512. The molecule has 0 atom stereocenters. The molecule has 2 aromatic rings. The molecule has 1 fully saturated rings. The van der Waals surface area contributed by atoms with Crippen LogP contribution in [0.3, 0.4) is 0 Å². The van der Waals surface area contributed by atoms with E-state index in [4.69, 9.17) is 0 Å². The molecule has 19 heavy (non-hydrogen) atoms. The van der Waals surface area contributed by atoms with Gasteiger partial charge in [0.05, 0.1) is 0 Å². The second kappa shape index (κ2) is 4.53. The molecule has 0 bridgehead atoms. The Morgan fingerprint density at radius 2 is 2.11 bits per heavy atom. The molecule has 0 spiro atoms. The number of amides is 1. The van der Waals surface area contributed by atoms with Crippen molar-refractivity contribution in [2.24, 2.45) is 0 Å². The molecular formula is C15H17N3O. The normalized spacial score (nSPS) is 14.4. The number of aromatic nitrogens is 1. The average Bonchev–Trinajstić information content (AvgIpc) is 3.29. The van der Waals surface area contributed by atoms with Gasteiger partial charge in [0.25, 0.3) is 5.91 Å². The first-order chi connectivity index (χ1) is 9.20. The Hall–Kier alpha value is -2.10. The van der Waals surface area contributed by atoms with Gasteiger partial charge >= 0.3 is 0 Å². The number of carbonyl (C=O) groups is 1. The lowest BCUT2D eigenvalue weighted by Crippen LogP contribution is -2.29. The van der Waals surface area contributed by atoms with Crippen LogP contribution in [-0.4, -0.2) is 35.9 Å². The van der Waals surface area contributed by atoms with Gasteiger partial charge in [0.2, 0.25) is 0 Å². The van der Waals surface area contributed by atoms with Gasteiger partial charge in [-0.1, -0.05) is 24.3 Å². The van der Waals surface area contributed by atoms with Gasteiger partial charge in [0, 0.05) is 25.5 Å². The highest BCUT2D eigenvalue weighted by Crippen LogP contribution is 2.28. The highest BCUT2D eigenvalue weighted by Gasteiger charge is 2.30. The molecule has 1 N–H and O–H groups in total. The molecule has 4 heteroatoms. The number of carbonyl (C=O) groups excluding carboxylic acids is 1. The predicted octanol–water partition coefficient (Wildman–Crippen LogP) is 2.51. The van der Waals surface area contributed by atoms with Crippen LogP contribution in [0.4, 0.5) is 5.82 Å². The van der Waals surface area contributed by atoms with Crippen molar-refractivity contribution < 1.29 is 4.79 Å². The van der Waals surface area contributed by atoms with Gasteiger partial charge < -0.3 is 10.2 Å². The molecule has 1 aromatic carbocycles. The molecule has 1 saturated carbocycles. The molecule has 98 valence electrons. The van der Waals surface area contributed by atoms with Gasteiger partial charge in [-0.3, -0.25) is 4.79 Å². The van der Waals surface area contributed by atoms with E-state index >= 15 is 0 Å². The lowest BCUT2D eigenvalue weighted by Gasteiger charge is -2.16. The fourth-order valence-electron chi connectivity index (χ4n) is 2.31. The molecule has 1 aliphatic rings. The van der Waals surface area contributed by atoms with E-state index in [1.807, 2.05) is 44.4 Å². The molecule has 1 aromatic heterocycles. The number of anilines is 1. The summed E-state index contributed by atoms with van der Waals surface area (Å²) in [5.74, 6) is 0.760. The first-order valence-electron chi connectivity index (χ1n) is 6.55. The van der Waals surface area contributed by atoms with E-state index in [1.165, 1.54) is 0 Å². The maximum atomic E-state index is 12.4. The number of nitrogens with zero attached hydrogens (tertiary/aromatic N) is 2. The molecule has 0 radical (unpaired) electrons. The summed E-state index contributed by atoms with van der Waals surface area (Å²) in [6, 6.07) is 10.2. The summed E-state index contributed by atoms with van der Waals surface area (Å²) in [6.07, 6.45) is 2.21. The number of hydrogen-bond donors (Lipinski definition) is 1. The zero-order valence-electron chi connectivity index (χ0n) is 11.2. The van der Waals surface area contributed by atoms with Crippen LogP contribution >= 0.6 is 0 Å². The third kappa shape index (κ3) is 2.14. The van der Waals surface area contributed by atoms with E-state index < -0.39 is 0 Å². The molecule has 1 heterocycles. The van der Waals surface area contributed by atoms with Crippen molar-refractivity contribution in [1.29, 1.82) is 0 Å². The summed E-state index contributed by atoms with van der Waals surface area (Å²) < 4.78 is 0. The summed E-state index contributed by atoms with van der Waals surface area (Å²) in [6.45, 7) is 0. The minimum absolute atomic E-state index is 0.00440. The van der Waals surface area contributed by atoms with Crippen molar-refractivity contribution >= 4 is 22.5 Å². The van der Waals surface area contributed by atoms with Crippen molar-refractivity contribution in [1.82, 2.24) is 9.88 Å². The third-order valence-electron chi connectivity index (χ3n) is 3.61. The fraction of sp³-hybridized carbons (Fsp3) is 0.333. The Balaban J connectivity index is 2.06. The Morgan fingerprint density at radius 3 is 2.79 bits per heavy atom. The molecule has 0 saturated heterocycles. The van der Waals surface area contributed by atoms with Gasteiger partial charge in [0.15, 0.2) is 0 Å². The smallest absolute Gasteiger partial charge is 0.272 e. The quantitative estimate of drug-likeness (QED) is 0.916. The molecule has 3 rings (SSSR count). The summed E-state index contributed by atoms with van der Waals surface area (Å²) >= 11 is 0. The molecular weight excluding hydrogens is 238 g/mol. The number of benzene rings is 1. The van der Waals surface area contributed by atoms with E-state index in [2.05, 4.69) is 10.3 Å². The number of nitrogens with one attached hydrogen (secondary N) is 1. The maximum absolute atomic E-state index is 12.4. The van der Waals surface area contributed by atoms with E-state index in [-0.39, 0.29) is 5.91 Å². The highest BCUT2D eigenvalue weighted by molar-refractivity contribution is 6.00. The van der Waals surface area contributed by atoms with Crippen LogP contribution < -0.4 is 5.32 Å². The maximum Gasteiger partial charge on any atom is 0.272 e. The number of hydrogen-bond acceptors (Lipinski definition) is 3. The van der Waals surface area contributed by atoms with Crippen LogP contribution in [0.2, 0.25) is 0 Å². The average molecular weight is 255 g/mol. The van der Waals surface area contributed by atoms with Crippen LogP contribution in [-0.2, 0) is 0 Å². The number of rotatable bonds is 3. The van der Waals surface area contributed by atoms with E-state index in [9.17, 15) is 4.79 Å². The van der Waals surface area contributed by atoms with Crippen molar-refractivity contribution in [2.75, 3.05) is 19.4 Å². The van der Waals surface area contributed by atoms with Crippen LogP contribution in [0.5, 0.6) is 0 Å². The first kappa shape index (κ1) is 12.0. The van der Waals surface area contributed by atoms with Crippen LogP contribution in [0.25, 0.3) is 10.8 Å². The van der Waals surface area contributed by atoms with Gasteiger partial charge in [-0.25, -0.2) is 4.98 Å². The molecule has 4 nitrogen and oxygen atoms in total. The Bertz CT molecular complexity index is 634. The van der Waals surface area contributed by atoms with Crippen molar-refractivity contribution in [3.8, 4) is 0 Å². The zero-order valence-corrected chi connectivity index (χ0v) is 11.2. The summed E-state index contributed by atoms with van der Waals surface area (Å²) in [4.78, 5) is 18.6. The summed E-state index contributed by atoms with van der Waals surface area (Å²) in [5, 5.41) is 5.14. The number of pyridine rings is 1. The molecule has 1 amide bonds. The Labute approximate surface area is 112 Å². The second-order valence-corrected chi connectivity index (χ2v) is 4.97. The second-order valence-electron chi connectivity index (χ2n) is 4.97. The SMILES string of the molecule is CNc1nc(C(=O)N(C)C2CC2)cc2ccccc12. The minimum atomic E-state index is 0.00440. The predicted molar refractivity (Wildman–Crippen MR) is 76.4 cm³/mol. The van der Waals surface area contributed by atoms with Crippen LogP contribution in [0.15, 0.2) is 30.3 Å². The van der Waals surface area contributed by atoms with Crippen molar-refractivity contribution in [3.63, 3.8) is 0 Å². The standard InChI is InChI=1S/C15H17N3O/c1-16-14-12-6-4-3-5-10(12)9-13(17-14)15(19)18(2)11-7-8-11/h3-6,9,11H,7-8H2,1-2H3,(H,16,17). The lowest BCUT2D eigenvalue weighted by atomic mass is 10.1. The van der Waals surface area contributed by atoms with Gasteiger partial charge in [-0.15, -0.1) is 0 Å². The monoisotopic (exact) mass is 255 g/mol. The zero-order chi connectivity index (χ0) is 13.4. The largest absolute Gasteiger partial charge is 0.373 e. The third-order valence-corrected chi connectivity index (χ3v) is 3.61. The first-order valence-corrected chi connectivity index (χ1v) is 6.55. The minimum Gasteiger partial charge on any atom is -0.373 e. The fourth-order valence-corrected chi connectivity index (χ4v) is 2.31. The highest BCUT2D eigenvalue weighted by atomic mass is 16.2. The topological polar surface area (TPSA) is 45.2 Å². The Morgan fingerprint density at radius 1 is 1.37 bits per heavy atom. The number of fused-ring (bicyclic) bond motifs is 1. The van der Waals surface area contributed by atoms with Crippen LogP contribution in [0, 0.1) is 0 Å². The summed E-state index contributed by atoms with van der Waals surface area (Å²) in [7, 11) is 3.68. The van der Waals surface area contributed by atoms with Crippen molar-refractivity contribution in [3.05, 3.63) is 36.0 Å². The van der Waals surface area contributed by atoms with Gasteiger partial charge in [-0.05, 0) is 24.3 Å². The van der Waals surface area contributed by atoms with E-state index in [1.54, 1.807) is 4.90 Å². The van der Waals surface area contributed by atoms with Gasteiger partial charge in [-0.2, -0.15) is 0 Å². The van der Waals surface area contributed by atoms with Gasteiger partial charge in [0.1, 0.15) is 11.5 Å². The van der Waals surface area contributed by atoms with E-state index in [0.717, 1.165) is 29.4 Å². The lowest BCUT2D eigenvalue weighted by molar-refractivity contribution is 0.0779. The molecule has 0 aliphatic heterocycles.